The predicted octanol–water partition coefficient (Wildman–Crippen LogP) is 2.87. The normalized spacial score (nSPS) is 51.9. The fourth-order valence-electron chi connectivity index (χ4n) is 6.18. The molecule has 0 unspecified atom stereocenters. The molecule has 0 N–H and O–H groups in total. The maximum atomic E-state index is 12.5. The van der Waals surface area contributed by atoms with E-state index in [-0.39, 0.29) is 0 Å². The maximum Gasteiger partial charge on any atom is 0.138 e. The van der Waals surface area contributed by atoms with E-state index in [9.17, 15) is 4.79 Å². The molecule has 2 aliphatic carbocycles. The summed E-state index contributed by atoms with van der Waals surface area (Å²) in [5, 5.41) is 0. The summed E-state index contributed by atoms with van der Waals surface area (Å²) in [7, 11) is 0. The summed E-state index contributed by atoms with van der Waals surface area (Å²) < 4.78 is 0. The second-order valence-electron chi connectivity index (χ2n) is 7.40. The van der Waals surface area contributed by atoms with Crippen LogP contribution in [-0.4, -0.2) is 29.3 Å². The lowest BCUT2D eigenvalue weighted by atomic mass is 9.48. The highest BCUT2D eigenvalue weighted by Crippen LogP contribution is 2.59. The Hall–Kier alpha value is -0.370. The molecule has 4 aliphatic rings. The van der Waals surface area contributed by atoms with Crippen molar-refractivity contribution in [1.82, 2.24) is 4.90 Å². The molecule has 0 aromatic rings. The molecule has 4 fully saturated rings. The summed E-state index contributed by atoms with van der Waals surface area (Å²) in [4.78, 5) is 15.3. The zero-order valence-electron chi connectivity index (χ0n) is 11.5. The lowest BCUT2D eigenvalue weighted by Gasteiger charge is -2.65. The number of piperidine rings is 2. The van der Waals surface area contributed by atoms with Gasteiger partial charge in [-0.25, -0.2) is 0 Å². The van der Waals surface area contributed by atoms with Gasteiger partial charge in [0.15, 0.2) is 0 Å². The van der Waals surface area contributed by atoms with Gasteiger partial charge < -0.3 is 0 Å². The van der Waals surface area contributed by atoms with Crippen molar-refractivity contribution in [3.8, 4) is 0 Å². The van der Waals surface area contributed by atoms with Crippen LogP contribution in [0.5, 0.6) is 0 Å². The van der Waals surface area contributed by atoms with E-state index in [0.29, 0.717) is 17.2 Å². The van der Waals surface area contributed by atoms with E-state index in [1.54, 1.807) is 0 Å². The lowest BCUT2D eigenvalue weighted by molar-refractivity contribution is -0.172. The average molecular weight is 247 g/mol. The van der Waals surface area contributed by atoms with Crippen LogP contribution in [0.25, 0.3) is 0 Å². The Balaban J connectivity index is 1.82. The van der Waals surface area contributed by atoms with E-state index in [2.05, 4.69) is 11.8 Å². The third-order valence-corrected chi connectivity index (χ3v) is 6.50. The number of carbonyl (C=O) groups is 1. The molecule has 18 heavy (non-hydrogen) atoms. The van der Waals surface area contributed by atoms with Gasteiger partial charge >= 0.3 is 0 Å². The molecule has 2 heterocycles. The fourth-order valence-corrected chi connectivity index (χ4v) is 6.18. The summed E-state index contributed by atoms with van der Waals surface area (Å²) in [6.45, 7) is 4.95. The molecule has 2 saturated carbocycles. The van der Waals surface area contributed by atoms with E-state index in [1.807, 2.05) is 0 Å². The number of hydrogen-bond donors (Lipinski definition) is 0. The molecule has 2 nitrogen and oxygen atoms in total. The summed E-state index contributed by atoms with van der Waals surface area (Å²) in [6.07, 6.45) is 8.75. The molecule has 2 aliphatic heterocycles. The molecule has 0 radical (unpaired) electrons. The van der Waals surface area contributed by atoms with Gasteiger partial charge in [0.25, 0.3) is 0 Å². The Bertz CT molecular complexity index is 377. The van der Waals surface area contributed by atoms with Gasteiger partial charge in [-0.3, -0.25) is 9.69 Å². The smallest absolute Gasteiger partial charge is 0.138 e. The Morgan fingerprint density at radius 3 is 2.83 bits per heavy atom. The highest BCUT2D eigenvalue weighted by Gasteiger charge is 2.62. The van der Waals surface area contributed by atoms with Crippen LogP contribution in [0.4, 0.5) is 0 Å². The fraction of sp³-hybridized carbons (Fsp3) is 0.938. The summed E-state index contributed by atoms with van der Waals surface area (Å²) in [6, 6.07) is 0. The van der Waals surface area contributed by atoms with Crippen LogP contribution < -0.4 is 0 Å². The van der Waals surface area contributed by atoms with Gasteiger partial charge in [0.1, 0.15) is 5.78 Å². The topological polar surface area (TPSA) is 20.3 Å². The van der Waals surface area contributed by atoms with Crippen molar-refractivity contribution < 1.29 is 4.79 Å². The number of ketones is 1. The number of rotatable bonds is 0. The Morgan fingerprint density at radius 2 is 2.00 bits per heavy atom. The number of nitrogens with zero attached hydrogens (tertiary/aromatic N) is 1. The molecule has 1 spiro atoms. The van der Waals surface area contributed by atoms with Crippen LogP contribution in [0.1, 0.15) is 51.9 Å². The highest BCUT2D eigenvalue weighted by atomic mass is 16.1. The highest BCUT2D eigenvalue weighted by molar-refractivity contribution is 5.84. The minimum Gasteiger partial charge on any atom is -0.299 e. The van der Waals surface area contributed by atoms with E-state index in [0.717, 1.165) is 24.2 Å². The third kappa shape index (κ3) is 1.31. The van der Waals surface area contributed by atoms with Crippen molar-refractivity contribution >= 4 is 5.78 Å². The largest absolute Gasteiger partial charge is 0.299 e. The van der Waals surface area contributed by atoms with Crippen LogP contribution in [0.3, 0.4) is 0 Å². The molecule has 0 aromatic carbocycles. The van der Waals surface area contributed by atoms with Gasteiger partial charge in [0.2, 0.25) is 0 Å². The second-order valence-corrected chi connectivity index (χ2v) is 7.40. The summed E-state index contributed by atoms with van der Waals surface area (Å²) >= 11 is 0. The van der Waals surface area contributed by atoms with Crippen LogP contribution in [0.2, 0.25) is 0 Å². The van der Waals surface area contributed by atoms with Crippen LogP contribution in [0.15, 0.2) is 0 Å². The number of carbonyl (C=O) groups excluding carboxylic acids is 1. The summed E-state index contributed by atoms with van der Waals surface area (Å²) in [5.74, 6) is 3.43. The molecule has 2 saturated heterocycles. The number of hydrogen-bond acceptors (Lipinski definition) is 2. The zero-order chi connectivity index (χ0) is 12.3. The van der Waals surface area contributed by atoms with E-state index in [4.69, 9.17) is 0 Å². The van der Waals surface area contributed by atoms with Gasteiger partial charge in [0.05, 0.1) is 0 Å². The second kappa shape index (κ2) is 3.82. The van der Waals surface area contributed by atoms with Crippen LogP contribution in [0, 0.1) is 23.7 Å². The van der Waals surface area contributed by atoms with Gasteiger partial charge in [-0.1, -0.05) is 6.92 Å². The summed E-state index contributed by atoms with van der Waals surface area (Å²) in [5.41, 5.74) is 0.314. The Labute approximate surface area is 110 Å². The third-order valence-electron chi connectivity index (χ3n) is 6.50. The van der Waals surface area contributed by atoms with Crippen molar-refractivity contribution in [3.05, 3.63) is 0 Å². The molecular weight excluding hydrogens is 222 g/mol. The van der Waals surface area contributed by atoms with Crippen LogP contribution >= 0.6 is 0 Å². The van der Waals surface area contributed by atoms with Gasteiger partial charge in [-0.2, -0.15) is 0 Å². The Kier molecular flexibility index (Phi) is 2.43. The first kappa shape index (κ1) is 11.5. The standard InChI is InChI=1S/C16H25NO/c1-11-8-12-9-15(18)14-5-3-7-17-6-2-4-13(12)16(14,17)10-11/h11-14H,2-10H2,1H3/t11-,12-,13-,14-,16-/m1/s1. The molecule has 2 bridgehead atoms. The van der Waals surface area contributed by atoms with Crippen molar-refractivity contribution in [2.24, 2.45) is 23.7 Å². The molecule has 4 rings (SSSR count). The van der Waals surface area contributed by atoms with E-state index in [1.165, 1.54) is 51.6 Å². The maximum absolute atomic E-state index is 12.5. The molecule has 0 aromatic heterocycles. The van der Waals surface area contributed by atoms with E-state index < -0.39 is 0 Å². The van der Waals surface area contributed by atoms with Crippen LogP contribution in [-0.2, 0) is 4.79 Å². The quantitative estimate of drug-likeness (QED) is 0.656. The number of Topliss-reactive ketones (excluding diaryl/α,β-unsaturated/α-hetero) is 1. The molecular formula is C16H25NO. The molecule has 0 amide bonds. The average Bonchev–Trinajstić information content (AvgIpc) is 2.33. The predicted molar refractivity (Wildman–Crippen MR) is 71.3 cm³/mol. The Morgan fingerprint density at radius 1 is 1.22 bits per heavy atom. The minimum atomic E-state index is 0.314. The minimum absolute atomic E-state index is 0.314. The molecule has 5 atom stereocenters. The van der Waals surface area contributed by atoms with Crippen molar-refractivity contribution in [1.29, 1.82) is 0 Å². The van der Waals surface area contributed by atoms with Gasteiger partial charge in [0, 0.05) is 17.9 Å². The van der Waals surface area contributed by atoms with Crippen molar-refractivity contribution in [3.63, 3.8) is 0 Å². The molecule has 2 heteroatoms. The van der Waals surface area contributed by atoms with Gasteiger partial charge in [-0.05, 0) is 69.4 Å². The first-order chi connectivity index (χ1) is 8.72. The van der Waals surface area contributed by atoms with Crippen molar-refractivity contribution in [2.45, 2.75) is 57.4 Å². The molecule has 100 valence electrons. The zero-order valence-corrected chi connectivity index (χ0v) is 11.5. The first-order valence-electron chi connectivity index (χ1n) is 7.99. The SMILES string of the molecule is C[C@@H]1C[C@@H]2CC(=O)[C@H]3CCCN4CCC[C@H]2[C@]34C1. The van der Waals surface area contributed by atoms with E-state index >= 15 is 0 Å². The lowest BCUT2D eigenvalue weighted by Crippen LogP contribution is -2.71. The van der Waals surface area contributed by atoms with Gasteiger partial charge in [-0.15, -0.1) is 0 Å². The van der Waals surface area contributed by atoms with Crippen molar-refractivity contribution in [2.75, 3.05) is 13.1 Å². The monoisotopic (exact) mass is 247 g/mol. The first-order valence-corrected chi connectivity index (χ1v) is 7.99.